The van der Waals surface area contributed by atoms with Gasteiger partial charge >= 0.3 is 0 Å². The second-order valence-corrected chi connectivity index (χ2v) is 6.11. The zero-order valence-corrected chi connectivity index (χ0v) is 13.3. The maximum Gasteiger partial charge on any atom is 0.0720 e. The van der Waals surface area contributed by atoms with E-state index in [2.05, 4.69) is 61.1 Å². The molecule has 1 heterocycles. The van der Waals surface area contributed by atoms with E-state index in [9.17, 15) is 0 Å². The topological polar surface area (TPSA) is 29.9 Å². The minimum atomic E-state index is 0.368. The molecule has 1 N–H and O–H groups in total. The molecule has 3 nitrogen and oxygen atoms in total. The van der Waals surface area contributed by atoms with Gasteiger partial charge in [0.05, 0.1) is 17.8 Å². The third-order valence-corrected chi connectivity index (χ3v) is 4.46. The average molecular weight is 283 g/mol. The molecule has 0 fully saturated rings. The maximum absolute atomic E-state index is 4.74. The molecule has 0 aliphatic heterocycles. The second kappa shape index (κ2) is 6.02. The minimum absolute atomic E-state index is 0.368. The molecule has 0 spiro atoms. The van der Waals surface area contributed by atoms with E-state index in [-0.39, 0.29) is 0 Å². The Morgan fingerprint density at radius 3 is 2.81 bits per heavy atom. The van der Waals surface area contributed by atoms with Crippen LogP contribution in [0.2, 0.25) is 0 Å². The van der Waals surface area contributed by atoms with E-state index in [1.807, 2.05) is 0 Å². The summed E-state index contributed by atoms with van der Waals surface area (Å²) in [5.74, 6) is 0. The molecule has 21 heavy (non-hydrogen) atoms. The van der Waals surface area contributed by atoms with Gasteiger partial charge < -0.3 is 5.32 Å². The van der Waals surface area contributed by atoms with Crippen LogP contribution in [-0.4, -0.2) is 16.3 Å². The Labute approximate surface area is 127 Å². The largest absolute Gasteiger partial charge is 0.308 e. The van der Waals surface area contributed by atoms with E-state index in [0.717, 1.165) is 31.5 Å². The second-order valence-electron chi connectivity index (χ2n) is 6.11. The zero-order valence-electron chi connectivity index (χ0n) is 13.3. The van der Waals surface area contributed by atoms with E-state index in [1.54, 1.807) is 0 Å². The Kier molecular flexibility index (Phi) is 4.11. The van der Waals surface area contributed by atoms with Gasteiger partial charge in [-0.2, -0.15) is 5.10 Å². The van der Waals surface area contributed by atoms with Crippen LogP contribution in [0.1, 0.15) is 54.4 Å². The Morgan fingerprint density at radius 2 is 2.10 bits per heavy atom. The van der Waals surface area contributed by atoms with Gasteiger partial charge in [0.2, 0.25) is 0 Å². The lowest BCUT2D eigenvalue weighted by molar-refractivity contribution is 0.292. The predicted octanol–water partition coefficient (Wildman–Crippen LogP) is 3.73. The van der Waals surface area contributed by atoms with Crippen molar-refractivity contribution in [3.8, 4) is 0 Å². The first-order chi connectivity index (χ1) is 10.2. The molecular weight excluding hydrogens is 258 g/mol. The van der Waals surface area contributed by atoms with Crippen molar-refractivity contribution in [3.05, 3.63) is 52.8 Å². The number of hydrogen-bond donors (Lipinski definition) is 1. The van der Waals surface area contributed by atoms with Crippen molar-refractivity contribution < 1.29 is 0 Å². The zero-order chi connectivity index (χ0) is 14.8. The predicted molar refractivity (Wildman–Crippen MR) is 86.5 cm³/mol. The normalized spacial score (nSPS) is 21.3. The van der Waals surface area contributed by atoms with Gasteiger partial charge in [0.15, 0.2) is 0 Å². The van der Waals surface area contributed by atoms with E-state index in [4.69, 9.17) is 5.10 Å². The van der Waals surface area contributed by atoms with Crippen molar-refractivity contribution in [3.63, 3.8) is 0 Å². The molecule has 0 saturated carbocycles. The van der Waals surface area contributed by atoms with Crippen molar-refractivity contribution >= 4 is 0 Å². The number of benzene rings is 1. The lowest BCUT2D eigenvalue weighted by atomic mass is 9.84. The van der Waals surface area contributed by atoms with Crippen LogP contribution < -0.4 is 5.32 Å². The van der Waals surface area contributed by atoms with Crippen molar-refractivity contribution in [2.24, 2.45) is 0 Å². The first kappa shape index (κ1) is 14.3. The summed E-state index contributed by atoms with van der Waals surface area (Å²) >= 11 is 0. The van der Waals surface area contributed by atoms with Crippen molar-refractivity contribution in [2.45, 2.75) is 52.1 Å². The van der Waals surface area contributed by atoms with Crippen LogP contribution in [0.25, 0.3) is 0 Å². The highest BCUT2D eigenvalue weighted by Crippen LogP contribution is 2.38. The summed E-state index contributed by atoms with van der Waals surface area (Å²) in [4.78, 5) is 0. The highest BCUT2D eigenvalue weighted by atomic mass is 15.3. The molecule has 112 valence electrons. The van der Waals surface area contributed by atoms with Gasteiger partial charge in [-0.15, -0.1) is 0 Å². The van der Waals surface area contributed by atoms with Crippen LogP contribution in [0, 0.1) is 13.8 Å². The van der Waals surface area contributed by atoms with Gasteiger partial charge in [-0.3, -0.25) is 4.68 Å². The number of aryl methyl sites for hydroxylation is 3. The Balaban J connectivity index is 1.98. The monoisotopic (exact) mass is 283 g/mol. The Bertz CT molecular complexity index is 615. The molecule has 2 aromatic rings. The smallest absolute Gasteiger partial charge is 0.0720 e. The first-order valence-corrected chi connectivity index (χ1v) is 8.04. The van der Waals surface area contributed by atoms with E-state index >= 15 is 0 Å². The fourth-order valence-corrected chi connectivity index (χ4v) is 3.53. The number of hydrogen-bond acceptors (Lipinski definition) is 2. The summed E-state index contributed by atoms with van der Waals surface area (Å²) < 4.78 is 2.23. The third kappa shape index (κ3) is 2.75. The van der Waals surface area contributed by atoms with Gasteiger partial charge in [-0.1, -0.05) is 31.2 Å². The molecule has 2 atom stereocenters. The molecule has 2 unspecified atom stereocenters. The number of rotatable bonds is 4. The molecular formula is C18H25N3. The molecule has 1 aromatic carbocycles. The van der Waals surface area contributed by atoms with Crippen LogP contribution in [-0.2, 0) is 6.42 Å². The molecule has 1 aliphatic rings. The average Bonchev–Trinajstić information content (AvgIpc) is 2.83. The van der Waals surface area contributed by atoms with Gasteiger partial charge in [0.25, 0.3) is 0 Å². The number of aromatic nitrogens is 2. The summed E-state index contributed by atoms with van der Waals surface area (Å²) in [6.07, 6.45) is 3.45. The highest BCUT2D eigenvalue weighted by molar-refractivity contribution is 5.34. The molecule has 0 saturated heterocycles. The van der Waals surface area contributed by atoms with Crippen LogP contribution in [0.4, 0.5) is 0 Å². The fourth-order valence-electron chi connectivity index (χ4n) is 3.53. The molecule has 1 aromatic heterocycles. The lowest BCUT2D eigenvalue weighted by Gasteiger charge is -2.35. The SMILES string of the molecule is CCCNC1c2ccccc2CCC1n1nc(C)cc1C. The Morgan fingerprint density at radius 1 is 1.29 bits per heavy atom. The number of nitrogens with zero attached hydrogens (tertiary/aromatic N) is 2. The summed E-state index contributed by atoms with van der Waals surface area (Å²) in [7, 11) is 0. The molecule has 0 radical (unpaired) electrons. The molecule has 0 amide bonds. The number of fused-ring (bicyclic) bond motifs is 1. The number of nitrogens with one attached hydrogen (secondary N) is 1. The van der Waals surface area contributed by atoms with Gasteiger partial charge in [-0.05, 0) is 56.8 Å². The van der Waals surface area contributed by atoms with Crippen molar-refractivity contribution in [1.82, 2.24) is 15.1 Å². The van der Waals surface area contributed by atoms with Crippen molar-refractivity contribution in [2.75, 3.05) is 6.54 Å². The molecule has 1 aliphatic carbocycles. The fraction of sp³-hybridized carbons (Fsp3) is 0.500. The van der Waals surface area contributed by atoms with E-state index < -0.39 is 0 Å². The Hall–Kier alpha value is -1.61. The van der Waals surface area contributed by atoms with E-state index in [1.165, 1.54) is 16.8 Å². The summed E-state index contributed by atoms with van der Waals surface area (Å²) in [5, 5.41) is 8.49. The van der Waals surface area contributed by atoms with Gasteiger partial charge in [0.1, 0.15) is 0 Å². The molecule has 0 bridgehead atoms. The van der Waals surface area contributed by atoms with Crippen LogP contribution in [0.15, 0.2) is 30.3 Å². The molecule has 3 heteroatoms. The highest BCUT2D eigenvalue weighted by Gasteiger charge is 2.31. The van der Waals surface area contributed by atoms with Crippen molar-refractivity contribution in [1.29, 1.82) is 0 Å². The lowest BCUT2D eigenvalue weighted by Crippen LogP contribution is -2.35. The minimum Gasteiger partial charge on any atom is -0.308 e. The summed E-state index contributed by atoms with van der Waals surface area (Å²) in [6.45, 7) is 7.51. The first-order valence-electron chi connectivity index (χ1n) is 8.04. The summed E-state index contributed by atoms with van der Waals surface area (Å²) in [6, 6.07) is 11.8. The van der Waals surface area contributed by atoms with Gasteiger partial charge in [-0.25, -0.2) is 0 Å². The van der Waals surface area contributed by atoms with Crippen LogP contribution >= 0.6 is 0 Å². The maximum atomic E-state index is 4.74. The van der Waals surface area contributed by atoms with Crippen LogP contribution in [0.3, 0.4) is 0 Å². The third-order valence-electron chi connectivity index (χ3n) is 4.46. The van der Waals surface area contributed by atoms with Gasteiger partial charge in [0, 0.05) is 5.69 Å². The standard InChI is InChI=1S/C18H25N3/c1-4-11-19-18-16-8-6-5-7-15(16)9-10-17(18)21-14(3)12-13(2)20-21/h5-8,12,17-19H,4,9-11H2,1-3H3. The summed E-state index contributed by atoms with van der Waals surface area (Å²) in [5.41, 5.74) is 5.32. The molecule has 3 rings (SSSR count). The quantitative estimate of drug-likeness (QED) is 0.926. The van der Waals surface area contributed by atoms with Crippen LogP contribution in [0.5, 0.6) is 0 Å². The van der Waals surface area contributed by atoms with E-state index in [0.29, 0.717) is 12.1 Å².